The molecule has 1 saturated heterocycles. The Bertz CT molecular complexity index is 330. The first kappa shape index (κ1) is 14.5. The van der Waals surface area contributed by atoms with Crippen LogP contribution in [0, 0.1) is 0 Å². The highest BCUT2D eigenvalue weighted by atomic mass is 31.2. The molecule has 0 radical (unpaired) electrons. The smallest absolute Gasteiger partial charge is 0.412 e. The minimum atomic E-state index is -4.63. The Morgan fingerprint density at radius 1 is 1.47 bits per heavy atom. The van der Waals surface area contributed by atoms with Crippen LogP contribution in [0.2, 0.25) is 0 Å². The van der Waals surface area contributed by atoms with E-state index >= 15 is 0 Å². The highest BCUT2D eigenvalue weighted by Gasteiger charge is 2.47. The Kier molecular flexibility index (Phi) is 4.57. The molecule has 0 aliphatic carbocycles. The van der Waals surface area contributed by atoms with Gasteiger partial charge >= 0.3 is 19.7 Å². The third kappa shape index (κ3) is 3.97. The number of carbonyl (C=O) groups excluding carboxylic acids is 1. The largest absolute Gasteiger partial charge is 0.465 e. The standard InChI is InChI=1S/C8H12F3O5P/c1-2-15-17(13,16-5-8(9,10)11)6-3-4-14-7(6)12/h6H,2-5H2,1H3. The molecule has 100 valence electrons. The topological polar surface area (TPSA) is 61.8 Å². The number of halogens is 3. The number of ether oxygens (including phenoxy) is 1. The average Bonchev–Trinajstić information content (AvgIpc) is 2.62. The molecule has 0 amide bonds. The van der Waals surface area contributed by atoms with Gasteiger partial charge in [0.1, 0.15) is 0 Å². The molecule has 0 aromatic heterocycles. The molecule has 17 heavy (non-hydrogen) atoms. The van der Waals surface area contributed by atoms with Crippen LogP contribution < -0.4 is 0 Å². The number of hydrogen-bond acceptors (Lipinski definition) is 5. The minimum absolute atomic E-state index is 0.00986. The van der Waals surface area contributed by atoms with Crippen molar-refractivity contribution >= 4 is 13.6 Å². The van der Waals surface area contributed by atoms with Crippen LogP contribution in [0.25, 0.3) is 0 Å². The average molecular weight is 276 g/mol. The fraction of sp³-hybridized carbons (Fsp3) is 0.875. The lowest BCUT2D eigenvalue weighted by Gasteiger charge is -2.21. The Morgan fingerprint density at radius 3 is 2.53 bits per heavy atom. The molecule has 0 aromatic carbocycles. The van der Waals surface area contributed by atoms with Crippen LogP contribution in [0.1, 0.15) is 13.3 Å². The highest BCUT2D eigenvalue weighted by Crippen LogP contribution is 2.56. The lowest BCUT2D eigenvalue weighted by Crippen LogP contribution is -2.23. The van der Waals surface area contributed by atoms with Crippen LogP contribution in [0.3, 0.4) is 0 Å². The van der Waals surface area contributed by atoms with Gasteiger partial charge in [-0.15, -0.1) is 0 Å². The van der Waals surface area contributed by atoms with Crippen molar-refractivity contribution in [2.75, 3.05) is 19.8 Å². The van der Waals surface area contributed by atoms with E-state index in [2.05, 4.69) is 9.26 Å². The first-order valence-corrected chi connectivity index (χ1v) is 6.52. The number of cyclic esters (lactones) is 1. The van der Waals surface area contributed by atoms with Crippen molar-refractivity contribution in [2.45, 2.75) is 25.2 Å². The summed E-state index contributed by atoms with van der Waals surface area (Å²) in [5, 5.41) is 0. The summed E-state index contributed by atoms with van der Waals surface area (Å²) < 4.78 is 61.6. The Balaban J connectivity index is 2.74. The van der Waals surface area contributed by atoms with E-state index in [4.69, 9.17) is 4.52 Å². The summed E-state index contributed by atoms with van der Waals surface area (Å²) in [5.41, 5.74) is -1.26. The summed E-state index contributed by atoms with van der Waals surface area (Å²) in [4.78, 5) is 11.2. The third-order valence-electron chi connectivity index (χ3n) is 2.01. The van der Waals surface area contributed by atoms with Crippen LogP contribution in [0.5, 0.6) is 0 Å². The molecule has 1 heterocycles. The van der Waals surface area contributed by atoms with Crippen molar-refractivity contribution in [1.29, 1.82) is 0 Å². The van der Waals surface area contributed by atoms with Crippen molar-refractivity contribution in [2.24, 2.45) is 0 Å². The van der Waals surface area contributed by atoms with Gasteiger partial charge in [-0.25, -0.2) is 0 Å². The van der Waals surface area contributed by atoms with Crippen molar-refractivity contribution < 1.29 is 36.3 Å². The van der Waals surface area contributed by atoms with Gasteiger partial charge in [-0.2, -0.15) is 13.2 Å². The van der Waals surface area contributed by atoms with E-state index < -0.39 is 32.0 Å². The van der Waals surface area contributed by atoms with E-state index in [0.29, 0.717) is 0 Å². The van der Waals surface area contributed by atoms with Gasteiger partial charge in [-0.3, -0.25) is 13.9 Å². The number of carbonyl (C=O) groups is 1. The third-order valence-corrected chi connectivity index (χ3v) is 4.35. The first-order valence-electron chi connectivity index (χ1n) is 4.90. The Labute approximate surface area is 95.7 Å². The zero-order chi connectivity index (χ0) is 13.1. The van der Waals surface area contributed by atoms with Gasteiger partial charge < -0.3 is 9.26 Å². The van der Waals surface area contributed by atoms with Crippen molar-refractivity contribution in [3.05, 3.63) is 0 Å². The van der Waals surface area contributed by atoms with Crippen molar-refractivity contribution in [3.8, 4) is 0 Å². The van der Waals surface area contributed by atoms with Gasteiger partial charge in [0.05, 0.1) is 13.2 Å². The predicted molar refractivity (Wildman–Crippen MR) is 50.6 cm³/mol. The Morgan fingerprint density at radius 2 is 2.12 bits per heavy atom. The van der Waals surface area contributed by atoms with Gasteiger partial charge in [0.2, 0.25) is 0 Å². The zero-order valence-corrected chi connectivity index (χ0v) is 9.92. The Hall–Kier alpha value is -0.590. The molecule has 1 fully saturated rings. The van der Waals surface area contributed by atoms with E-state index in [9.17, 15) is 22.5 Å². The van der Waals surface area contributed by atoms with Gasteiger partial charge in [0.15, 0.2) is 12.3 Å². The second-order valence-corrected chi connectivity index (χ2v) is 5.54. The monoisotopic (exact) mass is 276 g/mol. The summed E-state index contributed by atoms with van der Waals surface area (Å²) in [7, 11) is -4.11. The molecule has 0 bridgehead atoms. The highest BCUT2D eigenvalue weighted by molar-refractivity contribution is 7.55. The SMILES string of the molecule is CCOP(=O)(OCC(F)(F)F)C1CCOC1=O. The minimum Gasteiger partial charge on any atom is -0.465 e. The quantitative estimate of drug-likeness (QED) is 0.568. The van der Waals surface area contributed by atoms with E-state index in [1.54, 1.807) is 0 Å². The van der Waals surface area contributed by atoms with E-state index in [-0.39, 0.29) is 19.6 Å². The molecule has 1 aliphatic rings. The zero-order valence-electron chi connectivity index (χ0n) is 9.03. The van der Waals surface area contributed by atoms with Crippen LogP contribution >= 0.6 is 7.60 Å². The molecule has 0 spiro atoms. The van der Waals surface area contributed by atoms with Crippen molar-refractivity contribution in [1.82, 2.24) is 0 Å². The second kappa shape index (κ2) is 5.37. The maximum absolute atomic E-state index is 12.0. The molecule has 0 saturated carbocycles. The summed E-state index contributed by atoms with van der Waals surface area (Å²) in [5.74, 6) is -0.844. The summed E-state index contributed by atoms with van der Waals surface area (Å²) in [6.07, 6.45) is -4.59. The fourth-order valence-corrected chi connectivity index (χ4v) is 3.21. The van der Waals surface area contributed by atoms with Gasteiger partial charge in [0.25, 0.3) is 0 Å². The molecule has 1 rings (SSSR count). The molecule has 0 aromatic rings. The van der Waals surface area contributed by atoms with Gasteiger partial charge in [-0.1, -0.05) is 0 Å². The molecule has 2 unspecified atom stereocenters. The maximum atomic E-state index is 12.0. The molecule has 1 aliphatic heterocycles. The number of esters is 1. The van der Waals surface area contributed by atoms with Crippen LogP contribution in [0.4, 0.5) is 13.2 Å². The van der Waals surface area contributed by atoms with Crippen LogP contribution in [0.15, 0.2) is 0 Å². The first-order chi connectivity index (χ1) is 7.78. The lowest BCUT2D eigenvalue weighted by atomic mass is 10.4. The molecule has 5 nitrogen and oxygen atoms in total. The van der Waals surface area contributed by atoms with Gasteiger partial charge in [0, 0.05) is 6.42 Å². The molecular formula is C8H12F3O5P. The van der Waals surface area contributed by atoms with Gasteiger partial charge in [-0.05, 0) is 6.92 Å². The number of rotatable bonds is 5. The fourth-order valence-electron chi connectivity index (χ4n) is 1.33. The summed E-state index contributed by atoms with van der Waals surface area (Å²) >= 11 is 0. The number of hydrogen-bond donors (Lipinski definition) is 0. The van der Waals surface area contributed by atoms with Crippen molar-refractivity contribution in [3.63, 3.8) is 0 Å². The summed E-state index contributed by atoms with van der Waals surface area (Å²) in [6.45, 7) is -0.368. The normalized spacial score (nSPS) is 24.5. The van der Waals surface area contributed by atoms with Crippen LogP contribution in [-0.4, -0.2) is 37.6 Å². The summed E-state index contributed by atoms with van der Waals surface area (Å²) in [6, 6.07) is 0. The van der Waals surface area contributed by atoms with E-state index in [1.165, 1.54) is 6.92 Å². The predicted octanol–water partition coefficient (Wildman–Crippen LogP) is 2.11. The molecule has 9 heteroatoms. The molecule has 0 N–H and O–H groups in total. The van der Waals surface area contributed by atoms with E-state index in [0.717, 1.165) is 0 Å². The van der Waals surface area contributed by atoms with Crippen LogP contribution in [-0.2, 0) is 23.1 Å². The molecular weight excluding hydrogens is 264 g/mol. The lowest BCUT2D eigenvalue weighted by molar-refractivity contribution is -0.156. The second-order valence-electron chi connectivity index (χ2n) is 3.32. The maximum Gasteiger partial charge on any atom is 0.412 e. The molecule has 2 atom stereocenters. The van der Waals surface area contributed by atoms with E-state index in [1.807, 2.05) is 0 Å². The number of alkyl halides is 3.